The number of aryl methyl sites for hydroxylation is 1. The SMILES string of the molecule is Nc1nc2c(c(N3C[C@H]4C[C@@H](n5ccnc5)[C@H](O)C[C@H]4C3)n1)CCCC2. The van der Waals surface area contributed by atoms with Crippen LogP contribution >= 0.6 is 0 Å². The Balaban J connectivity index is 1.40. The van der Waals surface area contributed by atoms with Gasteiger partial charge in [-0.05, 0) is 50.4 Å². The summed E-state index contributed by atoms with van der Waals surface area (Å²) in [6.07, 6.45) is 11.5. The minimum absolute atomic E-state index is 0.128. The van der Waals surface area contributed by atoms with Crippen LogP contribution in [0.4, 0.5) is 11.8 Å². The fraction of sp³-hybridized carbons (Fsp3) is 0.632. The highest BCUT2D eigenvalue weighted by molar-refractivity contribution is 5.53. The van der Waals surface area contributed by atoms with Gasteiger partial charge in [0.1, 0.15) is 5.82 Å². The molecule has 4 atom stereocenters. The lowest BCUT2D eigenvalue weighted by molar-refractivity contribution is 0.0358. The number of aliphatic hydroxyl groups is 1. The van der Waals surface area contributed by atoms with E-state index in [1.165, 1.54) is 18.4 Å². The number of aromatic nitrogens is 4. The van der Waals surface area contributed by atoms with Crippen molar-refractivity contribution in [2.75, 3.05) is 23.7 Å². The van der Waals surface area contributed by atoms with Gasteiger partial charge in [-0.25, -0.2) is 9.97 Å². The van der Waals surface area contributed by atoms with E-state index in [1.807, 2.05) is 12.5 Å². The number of aliphatic hydroxyl groups excluding tert-OH is 1. The van der Waals surface area contributed by atoms with Gasteiger partial charge >= 0.3 is 0 Å². The Morgan fingerprint density at radius 2 is 1.88 bits per heavy atom. The van der Waals surface area contributed by atoms with Gasteiger partial charge in [-0.1, -0.05) is 0 Å². The molecule has 26 heavy (non-hydrogen) atoms. The number of fused-ring (bicyclic) bond motifs is 2. The summed E-state index contributed by atoms with van der Waals surface area (Å²) in [4.78, 5) is 15.7. The molecule has 3 N–H and O–H groups in total. The van der Waals surface area contributed by atoms with Gasteiger partial charge in [-0.15, -0.1) is 0 Å². The highest BCUT2D eigenvalue weighted by Crippen LogP contribution is 2.43. The topological polar surface area (TPSA) is 93.1 Å². The van der Waals surface area contributed by atoms with Crippen molar-refractivity contribution in [1.82, 2.24) is 19.5 Å². The lowest BCUT2D eigenvalue weighted by atomic mass is 9.77. The summed E-state index contributed by atoms with van der Waals surface area (Å²) in [5, 5.41) is 10.7. The van der Waals surface area contributed by atoms with E-state index < -0.39 is 0 Å². The summed E-state index contributed by atoms with van der Waals surface area (Å²) in [6.45, 7) is 1.95. The smallest absolute Gasteiger partial charge is 0.222 e. The zero-order chi connectivity index (χ0) is 17.7. The maximum Gasteiger partial charge on any atom is 0.222 e. The van der Waals surface area contributed by atoms with Crippen molar-refractivity contribution in [3.63, 3.8) is 0 Å². The molecular weight excluding hydrogens is 328 g/mol. The van der Waals surface area contributed by atoms with E-state index in [-0.39, 0.29) is 12.1 Å². The number of nitrogens with zero attached hydrogens (tertiary/aromatic N) is 5. The Morgan fingerprint density at radius 1 is 1.08 bits per heavy atom. The van der Waals surface area contributed by atoms with Crippen LogP contribution in [0.15, 0.2) is 18.7 Å². The molecule has 138 valence electrons. The number of nitrogens with two attached hydrogens (primary N) is 1. The molecule has 2 fully saturated rings. The minimum atomic E-state index is -0.310. The van der Waals surface area contributed by atoms with Crippen LogP contribution in [-0.4, -0.2) is 43.8 Å². The second-order valence-electron chi connectivity index (χ2n) is 8.08. The van der Waals surface area contributed by atoms with Gasteiger partial charge in [0.2, 0.25) is 5.95 Å². The number of imidazole rings is 1. The normalized spacial score (nSPS) is 30.9. The molecule has 0 unspecified atom stereocenters. The second kappa shape index (κ2) is 6.23. The number of hydrogen-bond donors (Lipinski definition) is 2. The quantitative estimate of drug-likeness (QED) is 0.851. The molecule has 5 rings (SSSR count). The molecule has 0 amide bonds. The molecule has 1 saturated carbocycles. The Kier molecular flexibility index (Phi) is 3.85. The third kappa shape index (κ3) is 2.65. The van der Waals surface area contributed by atoms with Crippen molar-refractivity contribution in [3.8, 4) is 0 Å². The largest absolute Gasteiger partial charge is 0.391 e. The van der Waals surface area contributed by atoms with Crippen LogP contribution in [0, 0.1) is 11.8 Å². The van der Waals surface area contributed by atoms with Crippen molar-refractivity contribution >= 4 is 11.8 Å². The summed E-state index contributed by atoms with van der Waals surface area (Å²) in [6, 6.07) is 0.128. The lowest BCUT2D eigenvalue weighted by Crippen LogP contribution is -2.35. The summed E-state index contributed by atoms with van der Waals surface area (Å²) in [7, 11) is 0. The van der Waals surface area contributed by atoms with E-state index in [2.05, 4.69) is 24.4 Å². The van der Waals surface area contributed by atoms with E-state index in [0.29, 0.717) is 17.8 Å². The average molecular weight is 354 g/mol. The molecule has 7 nitrogen and oxygen atoms in total. The molecule has 0 aromatic carbocycles. The van der Waals surface area contributed by atoms with Crippen molar-refractivity contribution in [2.24, 2.45) is 11.8 Å². The maximum absolute atomic E-state index is 10.7. The van der Waals surface area contributed by atoms with Gasteiger partial charge in [0, 0.05) is 31.0 Å². The first kappa shape index (κ1) is 16.1. The van der Waals surface area contributed by atoms with Crippen LogP contribution in [-0.2, 0) is 12.8 Å². The molecule has 1 saturated heterocycles. The Bertz CT molecular complexity index is 792. The average Bonchev–Trinajstić information content (AvgIpc) is 3.29. The fourth-order valence-corrected chi connectivity index (χ4v) is 5.22. The standard InChI is InChI=1S/C19H26N6O/c20-19-22-15-4-2-1-3-14(15)18(23-19)25-9-12-7-16(24-6-5-21-11-24)17(26)8-13(12)10-25/h5-6,11-13,16-17,26H,1-4,7-10H2,(H2,20,22,23)/t12-,13+,16-,17-/m1/s1. The Labute approximate surface area is 153 Å². The van der Waals surface area contributed by atoms with Crippen molar-refractivity contribution in [1.29, 1.82) is 0 Å². The molecule has 3 heterocycles. The summed E-state index contributed by atoms with van der Waals surface area (Å²) in [5.41, 5.74) is 8.45. The van der Waals surface area contributed by atoms with E-state index in [1.54, 1.807) is 6.20 Å². The summed E-state index contributed by atoms with van der Waals surface area (Å²) >= 11 is 0. The van der Waals surface area contributed by atoms with Gasteiger partial charge in [0.15, 0.2) is 0 Å². The lowest BCUT2D eigenvalue weighted by Gasteiger charge is -2.35. The fourth-order valence-electron chi connectivity index (χ4n) is 5.22. The molecule has 1 aliphatic heterocycles. The minimum Gasteiger partial charge on any atom is -0.391 e. The van der Waals surface area contributed by atoms with E-state index >= 15 is 0 Å². The molecule has 0 radical (unpaired) electrons. The van der Waals surface area contributed by atoms with E-state index in [9.17, 15) is 5.11 Å². The monoisotopic (exact) mass is 354 g/mol. The van der Waals surface area contributed by atoms with Gasteiger partial charge in [0.05, 0.1) is 24.2 Å². The summed E-state index contributed by atoms with van der Waals surface area (Å²) < 4.78 is 2.06. The van der Waals surface area contributed by atoms with Gasteiger partial charge in [0.25, 0.3) is 0 Å². The third-order valence-electron chi connectivity index (χ3n) is 6.50. The first-order chi connectivity index (χ1) is 12.7. The van der Waals surface area contributed by atoms with E-state index in [0.717, 1.165) is 50.3 Å². The van der Waals surface area contributed by atoms with Crippen LogP contribution in [0.5, 0.6) is 0 Å². The number of nitrogen functional groups attached to an aromatic ring is 1. The molecule has 0 spiro atoms. The molecular formula is C19H26N6O. The molecule has 3 aliphatic rings. The first-order valence-corrected chi connectivity index (χ1v) is 9.74. The van der Waals surface area contributed by atoms with Crippen molar-refractivity contribution in [2.45, 2.75) is 50.7 Å². The van der Waals surface area contributed by atoms with Crippen molar-refractivity contribution < 1.29 is 5.11 Å². The van der Waals surface area contributed by atoms with Gasteiger partial charge in [-0.2, -0.15) is 4.98 Å². The molecule has 2 aliphatic carbocycles. The number of rotatable bonds is 2. The zero-order valence-electron chi connectivity index (χ0n) is 15.0. The van der Waals surface area contributed by atoms with Crippen LogP contribution < -0.4 is 10.6 Å². The zero-order valence-corrected chi connectivity index (χ0v) is 15.0. The van der Waals surface area contributed by atoms with Crippen LogP contribution in [0.2, 0.25) is 0 Å². The predicted molar refractivity (Wildman–Crippen MR) is 98.8 cm³/mol. The van der Waals surface area contributed by atoms with Crippen LogP contribution in [0.3, 0.4) is 0 Å². The number of hydrogen-bond acceptors (Lipinski definition) is 6. The molecule has 2 aromatic rings. The number of anilines is 2. The molecule has 2 aromatic heterocycles. The predicted octanol–water partition coefficient (Wildman–Crippen LogP) is 1.58. The van der Waals surface area contributed by atoms with Crippen LogP contribution in [0.1, 0.15) is 43.0 Å². The Hall–Kier alpha value is -2.15. The van der Waals surface area contributed by atoms with Crippen molar-refractivity contribution in [3.05, 3.63) is 30.0 Å². The third-order valence-corrected chi connectivity index (χ3v) is 6.50. The van der Waals surface area contributed by atoms with Crippen LogP contribution in [0.25, 0.3) is 0 Å². The maximum atomic E-state index is 10.7. The first-order valence-electron chi connectivity index (χ1n) is 9.74. The van der Waals surface area contributed by atoms with E-state index in [4.69, 9.17) is 5.73 Å². The summed E-state index contributed by atoms with van der Waals surface area (Å²) in [5.74, 6) is 2.53. The molecule has 7 heteroatoms. The second-order valence-corrected chi connectivity index (χ2v) is 8.08. The van der Waals surface area contributed by atoms with Gasteiger partial charge < -0.3 is 20.3 Å². The molecule has 0 bridgehead atoms. The van der Waals surface area contributed by atoms with Gasteiger partial charge in [-0.3, -0.25) is 0 Å². The Morgan fingerprint density at radius 3 is 2.69 bits per heavy atom. The highest BCUT2D eigenvalue weighted by Gasteiger charge is 2.43. The highest BCUT2D eigenvalue weighted by atomic mass is 16.3.